The van der Waals surface area contributed by atoms with Gasteiger partial charge < -0.3 is 5.32 Å². The third-order valence-corrected chi connectivity index (χ3v) is 3.53. The fourth-order valence-corrected chi connectivity index (χ4v) is 1.26. The molecule has 0 saturated carbocycles. The summed E-state index contributed by atoms with van der Waals surface area (Å²) in [5.74, 6) is 0. The maximum Gasteiger partial charge on any atom is 0.271 e. The van der Waals surface area contributed by atoms with Crippen molar-refractivity contribution in [1.29, 1.82) is 0 Å². The predicted molar refractivity (Wildman–Crippen MR) is 37.4 cm³/mol. The minimum atomic E-state index is -3.90. The van der Waals surface area contributed by atoms with Gasteiger partial charge in [-0.3, -0.25) is 4.55 Å². The van der Waals surface area contributed by atoms with Crippen molar-refractivity contribution in [3.63, 3.8) is 0 Å². The molecule has 0 aromatic carbocycles. The van der Waals surface area contributed by atoms with Gasteiger partial charge >= 0.3 is 0 Å². The highest BCUT2D eigenvalue weighted by molar-refractivity contribution is 7.87. The van der Waals surface area contributed by atoms with E-state index >= 15 is 0 Å². The van der Waals surface area contributed by atoms with Crippen LogP contribution in [0.15, 0.2) is 0 Å². The molecule has 0 aliphatic carbocycles. The Kier molecular flexibility index (Phi) is 1.54. The van der Waals surface area contributed by atoms with Crippen LogP contribution in [-0.4, -0.2) is 30.3 Å². The fraction of sp³-hybridized carbons (Fsp3) is 1.00. The highest BCUT2D eigenvalue weighted by atomic mass is 32.2. The average molecular weight is 165 g/mol. The molecule has 1 unspecified atom stereocenters. The SMILES string of the molecule is CC(C)(C1CN1)S(=O)(=O)O. The Hall–Kier alpha value is -0.130. The van der Waals surface area contributed by atoms with E-state index < -0.39 is 14.9 Å². The zero-order valence-electron chi connectivity index (χ0n) is 5.96. The normalized spacial score (nSPS) is 26.5. The molecule has 1 saturated heterocycles. The van der Waals surface area contributed by atoms with Crippen molar-refractivity contribution in [2.24, 2.45) is 0 Å². The topological polar surface area (TPSA) is 76.3 Å². The molecular formula is C5H11NO3S. The molecule has 1 fully saturated rings. The van der Waals surface area contributed by atoms with Gasteiger partial charge in [0, 0.05) is 12.6 Å². The Morgan fingerprint density at radius 3 is 2.10 bits per heavy atom. The molecule has 1 atom stereocenters. The summed E-state index contributed by atoms with van der Waals surface area (Å²) in [6.45, 7) is 3.69. The molecule has 1 rings (SSSR count). The van der Waals surface area contributed by atoms with Gasteiger partial charge in [-0.15, -0.1) is 0 Å². The van der Waals surface area contributed by atoms with Crippen LogP contribution in [0.2, 0.25) is 0 Å². The standard InChI is InChI=1S/C5H11NO3S/c1-5(2,4-3-6-4)10(7,8)9/h4,6H,3H2,1-2H3,(H,7,8,9). The molecule has 0 amide bonds. The second kappa shape index (κ2) is 1.93. The lowest BCUT2D eigenvalue weighted by molar-refractivity contribution is 0.438. The van der Waals surface area contributed by atoms with Crippen LogP contribution in [0.1, 0.15) is 13.8 Å². The Morgan fingerprint density at radius 1 is 1.60 bits per heavy atom. The average Bonchev–Trinajstić information content (AvgIpc) is 2.38. The van der Waals surface area contributed by atoms with E-state index in [1.807, 2.05) is 0 Å². The van der Waals surface area contributed by atoms with Gasteiger partial charge in [-0.05, 0) is 13.8 Å². The largest absolute Gasteiger partial charge is 0.310 e. The third-order valence-electron chi connectivity index (χ3n) is 1.91. The van der Waals surface area contributed by atoms with Crippen molar-refractivity contribution in [3.8, 4) is 0 Å². The van der Waals surface area contributed by atoms with Gasteiger partial charge in [-0.2, -0.15) is 8.42 Å². The van der Waals surface area contributed by atoms with Gasteiger partial charge in [0.25, 0.3) is 10.1 Å². The molecule has 0 bridgehead atoms. The zero-order valence-corrected chi connectivity index (χ0v) is 6.77. The highest BCUT2D eigenvalue weighted by Crippen LogP contribution is 2.24. The molecule has 1 heterocycles. The summed E-state index contributed by atoms with van der Waals surface area (Å²) >= 11 is 0. The summed E-state index contributed by atoms with van der Waals surface area (Å²) in [4.78, 5) is 0. The summed E-state index contributed by atoms with van der Waals surface area (Å²) in [5.41, 5.74) is 0. The first-order valence-electron chi connectivity index (χ1n) is 3.06. The molecular weight excluding hydrogens is 154 g/mol. The maximum atomic E-state index is 10.6. The van der Waals surface area contributed by atoms with Crippen molar-refractivity contribution in [3.05, 3.63) is 0 Å². The molecule has 0 spiro atoms. The minimum absolute atomic E-state index is 0.0810. The smallest absolute Gasteiger partial charge is 0.271 e. The van der Waals surface area contributed by atoms with E-state index in [2.05, 4.69) is 5.32 Å². The van der Waals surface area contributed by atoms with E-state index in [4.69, 9.17) is 4.55 Å². The number of rotatable bonds is 2. The van der Waals surface area contributed by atoms with Crippen molar-refractivity contribution >= 4 is 10.1 Å². The van der Waals surface area contributed by atoms with E-state index in [9.17, 15) is 8.42 Å². The monoisotopic (exact) mass is 165 g/mol. The van der Waals surface area contributed by atoms with Gasteiger partial charge in [-0.1, -0.05) is 0 Å². The lowest BCUT2D eigenvalue weighted by atomic mass is 10.1. The van der Waals surface area contributed by atoms with Crippen LogP contribution >= 0.6 is 0 Å². The van der Waals surface area contributed by atoms with Crippen molar-refractivity contribution in [1.82, 2.24) is 5.32 Å². The maximum absolute atomic E-state index is 10.6. The fourth-order valence-electron chi connectivity index (χ4n) is 0.730. The van der Waals surface area contributed by atoms with E-state index in [1.165, 1.54) is 13.8 Å². The molecule has 0 radical (unpaired) electrons. The number of hydrogen-bond acceptors (Lipinski definition) is 3. The molecule has 1 aliphatic heterocycles. The van der Waals surface area contributed by atoms with Crippen LogP contribution in [0.4, 0.5) is 0 Å². The Bertz CT molecular complexity index is 227. The molecule has 4 nitrogen and oxygen atoms in total. The molecule has 2 N–H and O–H groups in total. The molecule has 5 heteroatoms. The van der Waals surface area contributed by atoms with Crippen LogP contribution in [0.5, 0.6) is 0 Å². The molecule has 1 aliphatic rings. The van der Waals surface area contributed by atoms with Gasteiger partial charge in [0.15, 0.2) is 0 Å². The first-order chi connectivity index (χ1) is 4.36. The second-order valence-corrected chi connectivity index (χ2v) is 5.04. The van der Waals surface area contributed by atoms with Gasteiger partial charge in [0.2, 0.25) is 0 Å². The van der Waals surface area contributed by atoms with Crippen LogP contribution in [0.25, 0.3) is 0 Å². The van der Waals surface area contributed by atoms with Gasteiger partial charge in [0.1, 0.15) is 4.75 Å². The second-order valence-electron chi connectivity index (χ2n) is 3.04. The number of hydrogen-bond donors (Lipinski definition) is 2. The van der Waals surface area contributed by atoms with E-state index in [1.54, 1.807) is 0 Å². The van der Waals surface area contributed by atoms with Crippen molar-refractivity contribution < 1.29 is 13.0 Å². The van der Waals surface area contributed by atoms with E-state index in [-0.39, 0.29) is 6.04 Å². The van der Waals surface area contributed by atoms with E-state index in [0.29, 0.717) is 6.54 Å². The summed E-state index contributed by atoms with van der Waals surface area (Å²) < 4.78 is 29.0. The summed E-state index contributed by atoms with van der Waals surface area (Å²) in [6, 6.07) is -0.0810. The summed E-state index contributed by atoms with van der Waals surface area (Å²) in [7, 11) is -3.90. The Balaban J connectivity index is 2.86. The minimum Gasteiger partial charge on any atom is -0.310 e. The summed E-state index contributed by atoms with van der Waals surface area (Å²) in [5, 5.41) is 2.84. The quantitative estimate of drug-likeness (QED) is 0.432. The first-order valence-corrected chi connectivity index (χ1v) is 4.50. The Labute approximate surface area is 60.4 Å². The summed E-state index contributed by atoms with van der Waals surface area (Å²) in [6.07, 6.45) is 0. The van der Waals surface area contributed by atoms with E-state index in [0.717, 1.165) is 0 Å². The number of nitrogens with one attached hydrogen (secondary N) is 1. The van der Waals surface area contributed by atoms with Crippen molar-refractivity contribution in [2.75, 3.05) is 6.54 Å². The van der Waals surface area contributed by atoms with Crippen LogP contribution in [0, 0.1) is 0 Å². The lowest BCUT2D eigenvalue weighted by Crippen LogP contribution is -2.38. The highest BCUT2D eigenvalue weighted by Gasteiger charge is 2.46. The predicted octanol–water partition coefficient (Wildman–Crippen LogP) is -0.375. The first kappa shape index (κ1) is 7.97. The molecule has 0 aromatic heterocycles. The zero-order chi connectivity index (χ0) is 7.99. The van der Waals surface area contributed by atoms with Crippen LogP contribution in [0.3, 0.4) is 0 Å². The van der Waals surface area contributed by atoms with Gasteiger partial charge in [-0.25, -0.2) is 0 Å². The molecule has 60 valence electrons. The Morgan fingerprint density at radius 2 is 2.00 bits per heavy atom. The van der Waals surface area contributed by atoms with Gasteiger partial charge in [0.05, 0.1) is 0 Å². The van der Waals surface area contributed by atoms with Crippen LogP contribution in [-0.2, 0) is 10.1 Å². The van der Waals surface area contributed by atoms with Crippen molar-refractivity contribution in [2.45, 2.75) is 24.6 Å². The third kappa shape index (κ3) is 1.16. The lowest BCUT2D eigenvalue weighted by Gasteiger charge is -2.18. The molecule has 0 aromatic rings. The van der Waals surface area contributed by atoms with Crippen LogP contribution < -0.4 is 5.32 Å². The molecule has 10 heavy (non-hydrogen) atoms.